The Kier molecular flexibility index (Phi) is 7.99. The Morgan fingerprint density at radius 3 is 2.24 bits per heavy atom. The van der Waals surface area contributed by atoms with Gasteiger partial charge in [0.05, 0.1) is 12.3 Å². The van der Waals surface area contributed by atoms with Crippen molar-refractivity contribution in [2.45, 2.75) is 45.4 Å². The second kappa shape index (κ2) is 10.5. The molecule has 0 saturated heterocycles. The lowest BCUT2D eigenvalue weighted by Gasteiger charge is -2.15. The molecule has 0 bridgehead atoms. The number of carbonyl (C=O) groups is 1. The number of unbranched alkanes of at least 4 members (excludes halogenated alkanes) is 5. The summed E-state index contributed by atoms with van der Waals surface area (Å²) in [6.07, 6.45) is 7.36. The summed E-state index contributed by atoms with van der Waals surface area (Å²) in [5.74, 6) is 0.291. The number of amides is 1. The zero-order valence-electron chi connectivity index (χ0n) is 14.9. The summed E-state index contributed by atoms with van der Waals surface area (Å²) < 4.78 is 5.71. The van der Waals surface area contributed by atoms with Gasteiger partial charge in [-0.2, -0.15) is 5.06 Å². The Morgan fingerprint density at radius 2 is 1.56 bits per heavy atom. The maximum Gasteiger partial charge on any atom is 0.281 e. The number of ether oxygens (including phenoxy) is 1. The van der Waals surface area contributed by atoms with Crippen LogP contribution in [0.1, 0.15) is 55.8 Å². The number of anilines is 1. The van der Waals surface area contributed by atoms with Crippen molar-refractivity contribution < 1.29 is 14.7 Å². The van der Waals surface area contributed by atoms with Crippen molar-refractivity contribution in [3.05, 3.63) is 60.2 Å². The molecule has 4 nitrogen and oxygen atoms in total. The summed E-state index contributed by atoms with van der Waals surface area (Å²) in [6, 6.07) is 15.6. The van der Waals surface area contributed by atoms with Gasteiger partial charge in [0.25, 0.3) is 5.91 Å². The van der Waals surface area contributed by atoms with E-state index in [2.05, 4.69) is 6.92 Å². The monoisotopic (exact) mass is 341 g/mol. The summed E-state index contributed by atoms with van der Waals surface area (Å²) in [6.45, 7) is 2.91. The number of nitrogens with zero attached hydrogens (tertiary/aromatic N) is 1. The average molecular weight is 341 g/mol. The fraction of sp³-hybridized carbons (Fsp3) is 0.381. The number of carbonyl (C=O) groups excluding carboxylic acids is 1. The number of hydrogen-bond acceptors (Lipinski definition) is 3. The second-order valence-electron chi connectivity index (χ2n) is 6.09. The first-order chi connectivity index (χ1) is 12.2. The Morgan fingerprint density at radius 1 is 0.920 bits per heavy atom. The van der Waals surface area contributed by atoms with E-state index in [9.17, 15) is 10.0 Å². The van der Waals surface area contributed by atoms with E-state index >= 15 is 0 Å². The molecule has 0 aliphatic heterocycles. The van der Waals surface area contributed by atoms with Gasteiger partial charge in [0.2, 0.25) is 0 Å². The molecule has 0 aliphatic carbocycles. The van der Waals surface area contributed by atoms with Gasteiger partial charge in [-0.05, 0) is 42.8 Å². The fourth-order valence-corrected chi connectivity index (χ4v) is 2.58. The third-order valence-electron chi connectivity index (χ3n) is 4.06. The normalized spacial score (nSPS) is 10.5. The minimum absolute atomic E-state index is 0.417. The smallest absolute Gasteiger partial charge is 0.281 e. The van der Waals surface area contributed by atoms with Crippen LogP contribution in [0.3, 0.4) is 0 Å². The van der Waals surface area contributed by atoms with Gasteiger partial charge in [-0.3, -0.25) is 10.0 Å². The SMILES string of the molecule is CCCCCCCCOc1ccc(N(O)C(=O)c2ccccc2)cc1. The standard InChI is InChI=1S/C21H27NO3/c1-2-3-4-5-6-10-17-25-20-15-13-19(14-16-20)22(24)21(23)18-11-8-7-9-12-18/h7-9,11-16,24H,2-6,10,17H2,1H3. The molecule has 25 heavy (non-hydrogen) atoms. The van der Waals surface area contributed by atoms with Crippen molar-refractivity contribution in [3.8, 4) is 5.75 Å². The molecule has 0 unspecified atom stereocenters. The molecule has 0 fully saturated rings. The van der Waals surface area contributed by atoms with E-state index in [-0.39, 0.29) is 0 Å². The second-order valence-corrected chi connectivity index (χ2v) is 6.09. The first kappa shape index (κ1) is 19.0. The van der Waals surface area contributed by atoms with Gasteiger partial charge in [0.1, 0.15) is 5.75 Å². The number of rotatable bonds is 10. The third kappa shape index (κ3) is 6.24. The number of hydrogen-bond donors (Lipinski definition) is 1. The van der Waals surface area contributed by atoms with Crippen LogP contribution >= 0.6 is 0 Å². The summed E-state index contributed by atoms with van der Waals surface area (Å²) in [5, 5.41) is 10.8. The van der Waals surface area contributed by atoms with Crippen LogP contribution in [0.5, 0.6) is 5.75 Å². The van der Waals surface area contributed by atoms with E-state index < -0.39 is 5.91 Å². The van der Waals surface area contributed by atoms with Gasteiger partial charge in [0.15, 0.2) is 0 Å². The van der Waals surface area contributed by atoms with Gasteiger partial charge < -0.3 is 4.74 Å². The Balaban J connectivity index is 1.78. The van der Waals surface area contributed by atoms with E-state index in [1.54, 1.807) is 48.5 Å². The van der Waals surface area contributed by atoms with Crippen molar-refractivity contribution in [1.82, 2.24) is 0 Å². The first-order valence-electron chi connectivity index (χ1n) is 9.03. The largest absolute Gasteiger partial charge is 0.494 e. The molecule has 0 heterocycles. The van der Waals surface area contributed by atoms with Crippen LogP contribution in [0, 0.1) is 0 Å². The quantitative estimate of drug-likeness (QED) is 0.354. The lowest BCUT2D eigenvalue weighted by molar-refractivity contribution is 0.0854. The van der Waals surface area contributed by atoms with Crippen molar-refractivity contribution in [2.75, 3.05) is 11.7 Å². The van der Waals surface area contributed by atoms with Crippen LogP contribution in [-0.4, -0.2) is 17.7 Å². The molecule has 0 aromatic heterocycles. The highest BCUT2D eigenvalue weighted by molar-refractivity contribution is 6.04. The summed E-state index contributed by atoms with van der Waals surface area (Å²) in [5.41, 5.74) is 0.856. The predicted molar refractivity (Wildman–Crippen MR) is 100 cm³/mol. The molecule has 134 valence electrons. The highest BCUT2D eigenvalue weighted by atomic mass is 16.5. The van der Waals surface area contributed by atoms with E-state index in [4.69, 9.17) is 4.74 Å². The lowest BCUT2D eigenvalue weighted by Crippen LogP contribution is -2.26. The van der Waals surface area contributed by atoms with Crippen LogP contribution < -0.4 is 9.80 Å². The summed E-state index contributed by atoms with van der Waals surface area (Å²) in [7, 11) is 0. The number of benzene rings is 2. The average Bonchev–Trinajstić information content (AvgIpc) is 2.67. The topological polar surface area (TPSA) is 49.8 Å². The molecule has 2 aromatic carbocycles. The number of hydroxylamine groups is 1. The summed E-state index contributed by atoms with van der Waals surface area (Å²) >= 11 is 0. The Labute approximate surface area is 150 Å². The Bertz CT molecular complexity index is 625. The lowest BCUT2D eigenvalue weighted by atomic mass is 10.1. The molecule has 0 radical (unpaired) electrons. The fourth-order valence-electron chi connectivity index (χ4n) is 2.58. The van der Waals surface area contributed by atoms with Gasteiger partial charge in [-0.25, -0.2) is 0 Å². The Hall–Kier alpha value is -2.33. The molecule has 0 saturated carbocycles. The van der Waals surface area contributed by atoms with Gasteiger partial charge in [-0.15, -0.1) is 0 Å². The molecular weight excluding hydrogens is 314 g/mol. The maximum absolute atomic E-state index is 12.2. The van der Waals surface area contributed by atoms with Crippen LogP contribution in [-0.2, 0) is 0 Å². The van der Waals surface area contributed by atoms with E-state index in [0.29, 0.717) is 22.9 Å². The van der Waals surface area contributed by atoms with Gasteiger partial charge >= 0.3 is 0 Å². The van der Waals surface area contributed by atoms with Gasteiger partial charge in [0, 0.05) is 5.56 Å². The molecule has 1 N–H and O–H groups in total. The van der Waals surface area contributed by atoms with Gasteiger partial charge in [-0.1, -0.05) is 57.2 Å². The highest BCUT2D eigenvalue weighted by Crippen LogP contribution is 2.20. The molecule has 2 rings (SSSR count). The van der Waals surface area contributed by atoms with Crippen LogP contribution in [0.25, 0.3) is 0 Å². The van der Waals surface area contributed by atoms with Crippen LogP contribution in [0.4, 0.5) is 5.69 Å². The van der Waals surface area contributed by atoms with E-state index in [0.717, 1.165) is 12.2 Å². The van der Waals surface area contributed by atoms with Crippen LogP contribution in [0.15, 0.2) is 54.6 Å². The molecule has 1 amide bonds. The minimum Gasteiger partial charge on any atom is -0.494 e. The van der Waals surface area contributed by atoms with Crippen LogP contribution in [0.2, 0.25) is 0 Å². The van der Waals surface area contributed by atoms with Crippen molar-refractivity contribution >= 4 is 11.6 Å². The molecule has 0 atom stereocenters. The zero-order chi connectivity index (χ0) is 17.9. The molecule has 0 aliphatic rings. The molecule has 4 heteroatoms. The predicted octanol–water partition coefficient (Wildman–Crippen LogP) is 5.46. The van der Waals surface area contributed by atoms with E-state index in [1.807, 2.05) is 6.07 Å². The minimum atomic E-state index is -0.457. The molecule has 0 spiro atoms. The zero-order valence-corrected chi connectivity index (χ0v) is 14.9. The summed E-state index contributed by atoms with van der Waals surface area (Å²) in [4.78, 5) is 12.2. The maximum atomic E-state index is 12.2. The molecule has 2 aromatic rings. The van der Waals surface area contributed by atoms with Crippen molar-refractivity contribution in [1.29, 1.82) is 0 Å². The highest BCUT2D eigenvalue weighted by Gasteiger charge is 2.15. The van der Waals surface area contributed by atoms with Crippen molar-refractivity contribution in [2.24, 2.45) is 0 Å². The molecular formula is C21H27NO3. The van der Waals surface area contributed by atoms with E-state index in [1.165, 1.54) is 32.1 Å². The van der Waals surface area contributed by atoms with Crippen molar-refractivity contribution in [3.63, 3.8) is 0 Å². The third-order valence-corrected chi connectivity index (χ3v) is 4.06. The first-order valence-corrected chi connectivity index (χ1v) is 9.03.